The molecule has 0 aliphatic rings. The van der Waals surface area contributed by atoms with Crippen LogP contribution in [0.5, 0.6) is 0 Å². The van der Waals surface area contributed by atoms with E-state index in [-0.39, 0.29) is 11.5 Å². The molecule has 0 fully saturated rings. The molecule has 0 aliphatic heterocycles. The molecule has 2 aromatic rings. The second-order valence-corrected chi connectivity index (χ2v) is 4.49. The Labute approximate surface area is 127 Å². The maximum atomic E-state index is 11.9. The standard InChI is InChI=1S/C17H14N2O3/c18-17(22)10-16(21)13-6-3-12(4-7-13)5-8-15(20)14-2-1-9-19-11-14/h1-11,21H,(H2,18,22). The summed E-state index contributed by atoms with van der Waals surface area (Å²) in [5.74, 6) is -1.06. The Morgan fingerprint density at radius 3 is 2.41 bits per heavy atom. The van der Waals surface area contributed by atoms with Gasteiger partial charge in [0.15, 0.2) is 5.78 Å². The molecule has 0 atom stereocenters. The fourth-order valence-electron chi connectivity index (χ4n) is 1.76. The third kappa shape index (κ3) is 4.14. The van der Waals surface area contributed by atoms with Gasteiger partial charge in [-0.15, -0.1) is 0 Å². The van der Waals surface area contributed by atoms with Gasteiger partial charge in [-0.2, -0.15) is 0 Å². The SMILES string of the molecule is NC(=O)C=C(O)c1ccc(C=CC(=O)c2cccnc2)cc1. The van der Waals surface area contributed by atoms with E-state index in [4.69, 9.17) is 5.73 Å². The molecule has 1 heterocycles. The van der Waals surface area contributed by atoms with Gasteiger partial charge in [-0.25, -0.2) is 0 Å². The third-order valence-electron chi connectivity index (χ3n) is 2.86. The number of carbonyl (C=O) groups excluding carboxylic acids is 2. The molecule has 0 spiro atoms. The van der Waals surface area contributed by atoms with E-state index in [2.05, 4.69) is 4.98 Å². The number of carbonyl (C=O) groups is 2. The van der Waals surface area contributed by atoms with Gasteiger partial charge in [-0.3, -0.25) is 14.6 Å². The molecule has 5 nitrogen and oxygen atoms in total. The van der Waals surface area contributed by atoms with Crippen molar-refractivity contribution in [3.63, 3.8) is 0 Å². The van der Waals surface area contributed by atoms with Crippen molar-refractivity contribution in [2.45, 2.75) is 0 Å². The van der Waals surface area contributed by atoms with Gasteiger partial charge in [0.05, 0.1) is 0 Å². The summed E-state index contributed by atoms with van der Waals surface area (Å²) in [5, 5.41) is 9.63. The van der Waals surface area contributed by atoms with Gasteiger partial charge >= 0.3 is 0 Å². The molecular weight excluding hydrogens is 280 g/mol. The number of hydrogen-bond acceptors (Lipinski definition) is 4. The van der Waals surface area contributed by atoms with Gasteiger partial charge in [0.25, 0.3) is 0 Å². The highest BCUT2D eigenvalue weighted by Gasteiger charge is 2.02. The quantitative estimate of drug-likeness (QED) is 0.503. The first kappa shape index (κ1) is 15.2. The van der Waals surface area contributed by atoms with E-state index in [1.807, 2.05) is 0 Å². The lowest BCUT2D eigenvalue weighted by molar-refractivity contribution is -0.113. The molecule has 1 aromatic carbocycles. The number of nitrogens with zero attached hydrogens (tertiary/aromatic N) is 1. The molecule has 3 N–H and O–H groups in total. The van der Waals surface area contributed by atoms with Crippen molar-refractivity contribution < 1.29 is 14.7 Å². The lowest BCUT2D eigenvalue weighted by atomic mass is 10.1. The van der Waals surface area contributed by atoms with Crippen LogP contribution in [0.4, 0.5) is 0 Å². The van der Waals surface area contributed by atoms with Crippen LogP contribution in [0.2, 0.25) is 0 Å². The normalized spacial score (nSPS) is 11.5. The topological polar surface area (TPSA) is 93.3 Å². The van der Waals surface area contributed by atoms with Crippen molar-refractivity contribution in [2.75, 3.05) is 0 Å². The maximum Gasteiger partial charge on any atom is 0.245 e. The predicted molar refractivity (Wildman–Crippen MR) is 83.8 cm³/mol. The Morgan fingerprint density at radius 1 is 1.09 bits per heavy atom. The summed E-state index contributed by atoms with van der Waals surface area (Å²) < 4.78 is 0. The van der Waals surface area contributed by atoms with Crippen molar-refractivity contribution in [1.29, 1.82) is 0 Å². The number of benzene rings is 1. The molecule has 0 radical (unpaired) electrons. The predicted octanol–water partition coefficient (Wildman–Crippen LogP) is 2.36. The van der Waals surface area contributed by atoms with E-state index in [0.717, 1.165) is 11.6 Å². The first-order valence-electron chi connectivity index (χ1n) is 6.49. The molecule has 22 heavy (non-hydrogen) atoms. The largest absolute Gasteiger partial charge is 0.507 e. The average Bonchev–Trinajstić information content (AvgIpc) is 2.53. The van der Waals surface area contributed by atoms with Crippen molar-refractivity contribution in [1.82, 2.24) is 4.98 Å². The number of allylic oxidation sites excluding steroid dienone is 1. The molecule has 0 unspecified atom stereocenters. The van der Waals surface area contributed by atoms with Crippen LogP contribution < -0.4 is 5.73 Å². The van der Waals surface area contributed by atoms with E-state index >= 15 is 0 Å². The van der Waals surface area contributed by atoms with Crippen LogP contribution in [-0.4, -0.2) is 21.8 Å². The second kappa shape index (κ2) is 6.99. The highest BCUT2D eigenvalue weighted by molar-refractivity contribution is 6.06. The van der Waals surface area contributed by atoms with Crippen molar-refractivity contribution in [3.8, 4) is 0 Å². The highest BCUT2D eigenvalue weighted by atomic mass is 16.3. The van der Waals surface area contributed by atoms with Gasteiger partial charge in [-0.05, 0) is 23.8 Å². The molecule has 110 valence electrons. The molecule has 1 aromatic heterocycles. The van der Waals surface area contributed by atoms with Crippen molar-refractivity contribution >= 4 is 23.5 Å². The fraction of sp³-hybridized carbons (Fsp3) is 0. The van der Waals surface area contributed by atoms with Crippen LogP contribution >= 0.6 is 0 Å². The molecule has 0 bridgehead atoms. The van der Waals surface area contributed by atoms with Crippen LogP contribution in [0.1, 0.15) is 21.5 Å². The Bertz CT molecular complexity index is 732. The molecular formula is C17H14N2O3. The average molecular weight is 294 g/mol. The number of aliphatic hydroxyl groups is 1. The summed E-state index contributed by atoms with van der Waals surface area (Å²) in [5.41, 5.74) is 6.73. The van der Waals surface area contributed by atoms with Gasteiger partial charge in [0, 0.05) is 29.6 Å². The van der Waals surface area contributed by atoms with Gasteiger partial charge in [0.2, 0.25) is 5.91 Å². The van der Waals surface area contributed by atoms with Gasteiger partial charge in [-0.1, -0.05) is 30.3 Å². The number of pyridine rings is 1. The Morgan fingerprint density at radius 2 is 1.82 bits per heavy atom. The highest BCUT2D eigenvalue weighted by Crippen LogP contribution is 2.13. The number of rotatable bonds is 5. The van der Waals surface area contributed by atoms with Gasteiger partial charge < -0.3 is 10.8 Å². The number of hydrogen-bond donors (Lipinski definition) is 2. The van der Waals surface area contributed by atoms with Crippen molar-refractivity contribution in [3.05, 3.63) is 77.6 Å². The lowest BCUT2D eigenvalue weighted by Crippen LogP contribution is -2.06. The zero-order chi connectivity index (χ0) is 15.9. The summed E-state index contributed by atoms with van der Waals surface area (Å²) in [6.45, 7) is 0. The number of amides is 1. The summed E-state index contributed by atoms with van der Waals surface area (Å²) in [6, 6.07) is 10.1. The Balaban J connectivity index is 2.10. The Hall–Kier alpha value is -3.21. The molecule has 0 saturated heterocycles. The van der Waals surface area contributed by atoms with E-state index in [1.54, 1.807) is 48.7 Å². The fourth-order valence-corrected chi connectivity index (χ4v) is 1.76. The monoisotopic (exact) mass is 294 g/mol. The number of aromatic nitrogens is 1. The van der Waals surface area contributed by atoms with E-state index < -0.39 is 5.91 Å². The maximum absolute atomic E-state index is 11.9. The number of primary amides is 1. The van der Waals surface area contributed by atoms with Crippen LogP contribution in [-0.2, 0) is 4.79 Å². The summed E-state index contributed by atoms with van der Waals surface area (Å²) in [7, 11) is 0. The second-order valence-electron chi connectivity index (χ2n) is 4.49. The molecule has 5 heteroatoms. The smallest absolute Gasteiger partial charge is 0.245 e. The number of nitrogens with two attached hydrogens (primary N) is 1. The molecule has 1 amide bonds. The van der Waals surface area contributed by atoms with Crippen LogP contribution in [0, 0.1) is 0 Å². The minimum absolute atomic E-state index is 0.145. The third-order valence-corrected chi connectivity index (χ3v) is 2.86. The number of aliphatic hydroxyl groups excluding tert-OH is 1. The molecule has 0 aliphatic carbocycles. The lowest BCUT2D eigenvalue weighted by Gasteiger charge is -2.00. The molecule has 0 saturated carbocycles. The van der Waals surface area contributed by atoms with Crippen LogP contribution in [0.25, 0.3) is 11.8 Å². The first-order valence-corrected chi connectivity index (χ1v) is 6.49. The van der Waals surface area contributed by atoms with Crippen LogP contribution in [0.3, 0.4) is 0 Å². The Kier molecular flexibility index (Phi) is 4.82. The first-order chi connectivity index (χ1) is 10.6. The van der Waals surface area contributed by atoms with E-state index in [1.165, 1.54) is 12.3 Å². The zero-order valence-corrected chi connectivity index (χ0v) is 11.6. The van der Waals surface area contributed by atoms with Crippen LogP contribution in [0.15, 0.2) is 60.9 Å². The summed E-state index contributed by atoms with van der Waals surface area (Å²) in [4.78, 5) is 26.5. The van der Waals surface area contributed by atoms with Gasteiger partial charge in [0.1, 0.15) is 5.76 Å². The summed E-state index contributed by atoms with van der Waals surface area (Å²) >= 11 is 0. The zero-order valence-electron chi connectivity index (χ0n) is 11.6. The molecule has 2 rings (SSSR count). The van der Waals surface area contributed by atoms with Crippen molar-refractivity contribution in [2.24, 2.45) is 5.73 Å². The number of ketones is 1. The summed E-state index contributed by atoms with van der Waals surface area (Å²) in [6.07, 6.45) is 7.16. The van der Waals surface area contributed by atoms with E-state index in [9.17, 15) is 14.7 Å². The minimum atomic E-state index is -0.719. The van der Waals surface area contributed by atoms with E-state index in [0.29, 0.717) is 11.1 Å². The minimum Gasteiger partial charge on any atom is -0.507 e.